The van der Waals surface area contributed by atoms with Gasteiger partial charge in [-0.25, -0.2) is 4.79 Å². The van der Waals surface area contributed by atoms with E-state index in [1.807, 2.05) is 6.07 Å². The second-order valence-electron chi connectivity index (χ2n) is 6.80. The summed E-state index contributed by atoms with van der Waals surface area (Å²) in [6, 6.07) is 3.63. The third-order valence-corrected chi connectivity index (χ3v) is 3.39. The first kappa shape index (κ1) is 15.9. The summed E-state index contributed by atoms with van der Waals surface area (Å²) < 4.78 is 10.7. The predicted octanol–water partition coefficient (Wildman–Crippen LogP) is 2.26. The third-order valence-electron chi connectivity index (χ3n) is 3.39. The monoisotopic (exact) mass is 292 g/mol. The average Bonchev–Trinajstić information content (AvgIpc) is 2.35. The van der Waals surface area contributed by atoms with Crippen LogP contribution in [0.25, 0.3) is 0 Å². The maximum absolute atomic E-state index is 11.4. The van der Waals surface area contributed by atoms with E-state index in [1.165, 1.54) is 7.11 Å². The topological polar surface area (TPSA) is 51.7 Å². The molecule has 1 saturated heterocycles. The van der Waals surface area contributed by atoms with Gasteiger partial charge in [-0.15, -0.1) is 0 Å². The van der Waals surface area contributed by atoms with Crippen LogP contribution in [0.5, 0.6) is 0 Å². The molecule has 0 radical (unpaired) electrons. The highest BCUT2D eigenvalue weighted by Crippen LogP contribution is 2.28. The SMILES string of the molecule is COC(=O)c1ccc(CN2CC(C)(C)OC(C)(C)C2)nc1. The van der Waals surface area contributed by atoms with E-state index in [9.17, 15) is 4.79 Å². The molecule has 5 heteroatoms. The van der Waals surface area contributed by atoms with E-state index in [-0.39, 0.29) is 17.2 Å². The van der Waals surface area contributed by atoms with Crippen LogP contribution in [-0.4, -0.2) is 47.3 Å². The van der Waals surface area contributed by atoms with Gasteiger partial charge in [-0.1, -0.05) is 0 Å². The largest absolute Gasteiger partial charge is 0.465 e. The van der Waals surface area contributed by atoms with E-state index in [0.29, 0.717) is 5.56 Å². The van der Waals surface area contributed by atoms with Crippen LogP contribution in [0.2, 0.25) is 0 Å². The molecule has 21 heavy (non-hydrogen) atoms. The van der Waals surface area contributed by atoms with Gasteiger partial charge in [0, 0.05) is 25.8 Å². The molecule has 116 valence electrons. The molecule has 0 spiro atoms. The molecule has 0 atom stereocenters. The fourth-order valence-corrected chi connectivity index (χ4v) is 3.04. The number of aromatic nitrogens is 1. The lowest BCUT2D eigenvalue weighted by Crippen LogP contribution is -2.56. The van der Waals surface area contributed by atoms with E-state index in [4.69, 9.17) is 4.74 Å². The van der Waals surface area contributed by atoms with Crippen molar-refractivity contribution >= 4 is 5.97 Å². The summed E-state index contributed by atoms with van der Waals surface area (Å²) in [6.45, 7) is 10.9. The van der Waals surface area contributed by atoms with E-state index < -0.39 is 0 Å². The molecule has 1 aromatic heterocycles. The summed E-state index contributed by atoms with van der Waals surface area (Å²) in [6.07, 6.45) is 1.57. The van der Waals surface area contributed by atoms with E-state index in [2.05, 4.69) is 42.3 Å². The Hall–Kier alpha value is -1.46. The van der Waals surface area contributed by atoms with Crippen LogP contribution in [0.4, 0.5) is 0 Å². The molecule has 0 amide bonds. The highest BCUT2D eigenvalue weighted by molar-refractivity contribution is 5.88. The Morgan fingerprint density at radius 1 is 1.29 bits per heavy atom. The van der Waals surface area contributed by atoms with Crippen molar-refractivity contribution in [2.75, 3.05) is 20.2 Å². The van der Waals surface area contributed by atoms with Crippen molar-refractivity contribution in [1.82, 2.24) is 9.88 Å². The number of carbonyl (C=O) groups excluding carboxylic acids is 1. The minimum Gasteiger partial charge on any atom is -0.465 e. The second-order valence-corrected chi connectivity index (χ2v) is 6.80. The fourth-order valence-electron chi connectivity index (χ4n) is 3.04. The molecule has 1 aliphatic heterocycles. The Labute approximate surface area is 126 Å². The number of methoxy groups -OCH3 is 1. The summed E-state index contributed by atoms with van der Waals surface area (Å²) >= 11 is 0. The zero-order chi connectivity index (χ0) is 15.7. The standard InChI is InChI=1S/C16H24N2O3/c1-15(2)10-18(11-16(3,4)21-15)9-13-7-6-12(8-17-13)14(19)20-5/h6-8H,9-11H2,1-5H3. The van der Waals surface area contributed by atoms with Crippen LogP contribution in [0.1, 0.15) is 43.7 Å². The fraction of sp³-hybridized carbons (Fsp3) is 0.625. The van der Waals surface area contributed by atoms with Gasteiger partial charge in [-0.05, 0) is 39.8 Å². The molecule has 0 aromatic carbocycles. The number of ether oxygens (including phenoxy) is 2. The van der Waals surface area contributed by atoms with Crippen molar-refractivity contribution in [1.29, 1.82) is 0 Å². The number of nitrogens with zero attached hydrogens (tertiary/aromatic N) is 2. The number of hydrogen-bond donors (Lipinski definition) is 0. The lowest BCUT2D eigenvalue weighted by molar-refractivity contribution is -0.182. The predicted molar refractivity (Wildman–Crippen MR) is 80.1 cm³/mol. The molecule has 2 heterocycles. The minimum absolute atomic E-state index is 0.173. The van der Waals surface area contributed by atoms with Crippen molar-refractivity contribution in [2.45, 2.75) is 45.4 Å². The first-order chi connectivity index (χ1) is 9.71. The van der Waals surface area contributed by atoms with Crippen LogP contribution >= 0.6 is 0 Å². The number of hydrogen-bond acceptors (Lipinski definition) is 5. The van der Waals surface area contributed by atoms with Crippen molar-refractivity contribution in [3.8, 4) is 0 Å². The first-order valence-corrected chi connectivity index (χ1v) is 7.17. The number of rotatable bonds is 3. The third kappa shape index (κ3) is 4.25. The Morgan fingerprint density at radius 2 is 1.90 bits per heavy atom. The Bertz CT molecular complexity index is 493. The number of esters is 1. The smallest absolute Gasteiger partial charge is 0.339 e. The van der Waals surface area contributed by atoms with Gasteiger partial charge in [-0.3, -0.25) is 9.88 Å². The van der Waals surface area contributed by atoms with Gasteiger partial charge in [0.25, 0.3) is 0 Å². The molecule has 2 rings (SSSR count). The average molecular weight is 292 g/mol. The van der Waals surface area contributed by atoms with Crippen molar-refractivity contribution in [3.05, 3.63) is 29.6 Å². The summed E-state index contributed by atoms with van der Waals surface area (Å²) in [5.74, 6) is -0.359. The first-order valence-electron chi connectivity index (χ1n) is 7.17. The lowest BCUT2D eigenvalue weighted by atomic mass is 9.99. The van der Waals surface area contributed by atoms with Crippen LogP contribution in [0.3, 0.4) is 0 Å². The van der Waals surface area contributed by atoms with Gasteiger partial charge in [-0.2, -0.15) is 0 Å². The normalized spacial score (nSPS) is 21.0. The highest BCUT2D eigenvalue weighted by atomic mass is 16.5. The Balaban J connectivity index is 2.06. The molecule has 1 aromatic rings. The van der Waals surface area contributed by atoms with Gasteiger partial charge in [0.15, 0.2) is 0 Å². The van der Waals surface area contributed by atoms with Gasteiger partial charge in [0.1, 0.15) is 0 Å². The maximum Gasteiger partial charge on any atom is 0.339 e. The van der Waals surface area contributed by atoms with Crippen LogP contribution < -0.4 is 0 Å². The lowest BCUT2D eigenvalue weighted by Gasteiger charge is -2.47. The Morgan fingerprint density at radius 3 is 2.38 bits per heavy atom. The molecule has 1 fully saturated rings. The summed E-state index contributed by atoms with van der Waals surface area (Å²) in [5.41, 5.74) is 1.07. The molecular formula is C16H24N2O3. The summed E-state index contributed by atoms with van der Waals surface area (Å²) in [7, 11) is 1.37. The van der Waals surface area contributed by atoms with E-state index in [0.717, 1.165) is 25.3 Å². The summed E-state index contributed by atoms with van der Waals surface area (Å²) in [5, 5.41) is 0. The highest BCUT2D eigenvalue weighted by Gasteiger charge is 2.37. The molecule has 5 nitrogen and oxygen atoms in total. The van der Waals surface area contributed by atoms with Crippen LogP contribution in [0.15, 0.2) is 18.3 Å². The molecule has 0 bridgehead atoms. The van der Waals surface area contributed by atoms with Gasteiger partial charge in [0.2, 0.25) is 0 Å². The Kier molecular flexibility index (Phi) is 4.35. The van der Waals surface area contributed by atoms with Crippen molar-refractivity contribution in [3.63, 3.8) is 0 Å². The van der Waals surface area contributed by atoms with Crippen molar-refractivity contribution in [2.24, 2.45) is 0 Å². The number of pyridine rings is 1. The van der Waals surface area contributed by atoms with Gasteiger partial charge >= 0.3 is 5.97 Å². The second kappa shape index (κ2) is 5.73. The number of carbonyl (C=O) groups is 1. The quantitative estimate of drug-likeness (QED) is 0.800. The molecule has 0 aliphatic carbocycles. The minimum atomic E-state index is -0.359. The number of morpholine rings is 1. The summed E-state index contributed by atoms with van der Waals surface area (Å²) in [4.78, 5) is 18.1. The van der Waals surface area contributed by atoms with Gasteiger partial charge in [0.05, 0.1) is 29.6 Å². The van der Waals surface area contributed by atoms with Crippen molar-refractivity contribution < 1.29 is 14.3 Å². The van der Waals surface area contributed by atoms with Gasteiger partial charge < -0.3 is 9.47 Å². The molecule has 0 unspecified atom stereocenters. The molecular weight excluding hydrogens is 268 g/mol. The molecule has 0 N–H and O–H groups in total. The molecule has 0 saturated carbocycles. The maximum atomic E-state index is 11.4. The zero-order valence-electron chi connectivity index (χ0n) is 13.5. The van der Waals surface area contributed by atoms with Crippen LogP contribution in [-0.2, 0) is 16.0 Å². The zero-order valence-corrected chi connectivity index (χ0v) is 13.5. The van der Waals surface area contributed by atoms with Crippen LogP contribution in [0, 0.1) is 0 Å². The molecule has 1 aliphatic rings. The van der Waals surface area contributed by atoms with E-state index >= 15 is 0 Å². The van der Waals surface area contributed by atoms with E-state index in [1.54, 1.807) is 12.3 Å².